The second kappa shape index (κ2) is 16.1. The maximum atomic E-state index is 14.6. The Morgan fingerprint density at radius 1 is 1.00 bits per heavy atom. The van der Waals surface area contributed by atoms with Gasteiger partial charge in [-0.15, -0.1) is 0 Å². The molecule has 3 aromatic carbocycles. The molecule has 0 unspecified atom stereocenters. The Balaban J connectivity index is 1.12. The van der Waals surface area contributed by atoms with Crippen LogP contribution in [0, 0.1) is 11.8 Å². The van der Waals surface area contributed by atoms with Crippen LogP contribution in [0.15, 0.2) is 72.9 Å². The summed E-state index contributed by atoms with van der Waals surface area (Å²) in [5.41, 5.74) is 4.79. The van der Waals surface area contributed by atoms with E-state index in [0.717, 1.165) is 64.8 Å². The first-order chi connectivity index (χ1) is 24.2. The fourth-order valence-corrected chi connectivity index (χ4v) is 7.86. The van der Waals surface area contributed by atoms with Gasteiger partial charge in [0.2, 0.25) is 17.7 Å². The van der Waals surface area contributed by atoms with E-state index in [-0.39, 0.29) is 23.6 Å². The van der Waals surface area contributed by atoms with E-state index in [1.165, 1.54) is 0 Å². The third kappa shape index (κ3) is 8.50. The molecule has 3 heterocycles. The molecule has 0 radical (unpaired) electrons. The molecule has 1 saturated heterocycles. The van der Waals surface area contributed by atoms with Gasteiger partial charge in [-0.3, -0.25) is 14.4 Å². The molecule has 2 atom stereocenters. The fourth-order valence-electron chi connectivity index (χ4n) is 7.67. The van der Waals surface area contributed by atoms with Gasteiger partial charge in [0.1, 0.15) is 11.8 Å². The molecule has 264 valence electrons. The molecule has 50 heavy (non-hydrogen) atoms. The number of aromatic nitrogens is 1. The number of para-hydroxylation sites is 2. The molecule has 9 nitrogen and oxygen atoms in total. The minimum atomic E-state index is -0.738. The Labute approximate surface area is 299 Å². The largest absolute Gasteiger partial charge is 0.496 e. The number of rotatable bonds is 12. The van der Waals surface area contributed by atoms with Gasteiger partial charge in [0.25, 0.3) is 0 Å². The zero-order valence-electron chi connectivity index (χ0n) is 29.3. The highest BCUT2D eigenvalue weighted by Crippen LogP contribution is 2.33. The van der Waals surface area contributed by atoms with Crippen molar-refractivity contribution in [1.82, 2.24) is 20.1 Å². The summed E-state index contributed by atoms with van der Waals surface area (Å²) < 4.78 is 5.43. The summed E-state index contributed by atoms with van der Waals surface area (Å²) in [6.45, 7) is 2.75. The molecule has 2 aliphatic heterocycles. The number of amides is 3. The number of anilines is 1. The smallest absolute Gasteiger partial charge is 0.249 e. The standard InChI is InChI=1S/C40H48ClN5O4/c1-44(2)25-28-20-30-21-32(41)13-14-36(30)46(26-28)40(49)35(22-31-24-42-34-10-6-5-9-33(31)34)43-38(47)15-12-27-16-18-45(19-17-27)39(48)23-29-8-4-7-11-37(29)50-3/h4-11,13-14,21,24,27-28,35,42H,12,15-20,22-23,25-26H2,1-3H3,(H,43,47)/t28-,35-/m1/s1. The number of nitrogens with zero attached hydrogens (tertiary/aromatic N) is 3. The summed E-state index contributed by atoms with van der Waals surface area (Å²) in [4.78, 5) is 50.5. The third-order valence-electron chi connectivity index (χ3n) is 10.2. The van der Waals surface area contributed by atoms with Gasteiger partial charge in [-0.05, 0) is 93.1 Å². The number of H-pyrrole nitrogens is 1. The third-order valence-corrected chi connectivity index (χ3v) is 10.4. The van der Waals surface area contributed by atoms with Crippen molar-refractivity contribution in [1.29, 1.82) is 0 Å². The maximum absolute atomic E-state index is 14.6. The van der Waals surface area contributed by atoms with Crippen molar-refractivity contribution < 1.29 is 19.1 Å². The number of fused-ring (bicyclic) bond motifs is 2. The van der Waals surface area contributed by atoms with Crippen molar-refractivity contribution in [2.75, 3.05) is 52.3 Å². The van der Waals surface area contributed by atoms with E-state index in [1.54, 1.807) is 7.11 Å². The van der Waals surface area contributed by atoms with Gasteiger partial charge >= 0.3 is 0 Å². The number of hydrogen-bond acceptors (Lipinski definition) is 5. The lowest BCUT2D eigenvalue weighted by Crippen LogP contribution is -2.53. The first kappa shape index (κ1) is 35.5. The van der Waals surface area contributed by atoms with E-state index in [2.05, 4.69) is 15.2 Å². The minimum Gasteiger partial charge on any atom is -0.496 e. The quantitative estimate of drug-likeness (QED) is 0.193. The van der Waals surface area contributed by atoms with Gasteiger partial charge in [-0.2, -0.15) is 0 Å². The van der Waals surface area contributed by atoms with Crippen LogP contribution in [0.3, 0.4) is 0 Å². The van der Waals surface area contributed by atoms with E-state index in [1.807, 2.05) is 96.8 Å². The Morgan fingerprint density at radius 3 is 2.54 bits per heavy atom. The number of halogens is 1. The minimum absolute atomic E-state index is 0.0960. The summed E-state index contributed by atoms with van der Waals surface area (Å²) in [5, 5.41) is 4.86. The number of aromatic amines is 1. The number of ether oxygens (including phenoxy) is 1. The molecule has 1 fully saturated rings. The van der Waals surface area contributed by atoms with Crippen LogP contribution < -0.4 is 15.0 Å². The molecule has 4 aromatic rings. The molecule has 0 aliphatic carbocycles. The predicted octanol–water partition coefficient (Wildman–Crippen LogP) is 5.89. The van der Waals surface area contributed by atoms with Crippen molar-refractivity contribution >= 4 is 45.9 Å². The second-order valence-electron chi connectivity index (χ2n) is 14.1. The van der Waals surface area contributed by atoms with E-state index >= 15 is 0 Å². The first-order valence-electron chi connectivity index (χ1n) is 17.7. The van der Waals surface area contributed by atoms with Gasteiger partial charge in [-0.1, -0.05) is 48.0 Å². The van der Waals surface area contributed by atoms with Gasteiger partial charge in [-0.25, -0.2) is 0 Å². The van der Waals surface area contributed by atoms with Gasteiger partial charge in [0, 0.05) is 72.4 Å². The normalized spacial score (nSPS) is 17.1. The summed E-state index contributed by atoms with van der Waals surface area (Å²) in [5.74, 6) is 1.15. The molecule has 0 spiro atoms. The van der Waals surface area contributed by atoms with Crippen molar-refractivity contribution in [3.05, 3.63) is 94.6 Å². The van der Waals surface area contributed by atoms with E-state index in [9.17, 15) is 14.4 Å². The Bertz CT molecular complexity index is 1810. The molecular formula is C40H48ClN5O4. The molecule has 2 N–H and O–H groups in total. The predicted molar refractivity (Wildman–Crippen MR) is 199 cm³/mol. The second-order valence-corrected chi connectivity index (χ2v) is 14.5. The average Bonchev–Trinajstić information content (AvgIpc) is 3.52. The Hall–Kier alpha value is -4.34. The van der Waals surface area contributed by atoms with Crippen molar-refractivity contribution in [3.63, 3.8) is 0 Å². The van der Waals surface area contributed by atoms with Gasteiger partial charge < -0.3 is 29.7 Å². The van der Waals surface area contributed by atoms with Crippen LogP contribution in [0.5, 0.6) is 5.75 Å². The van der Waals surface area contributed by atoms with Crippen LogP contribution in [0.4, 0.5) is 5.69 Å². The van der Waals surface area contributed by atoms with Crippen LogP contribution in [0.2, 0.25) is 5.02 Å². The summed E-state index contributed by atoms with van der Waals surface area (Å²) >= 11 is 6.41. The number of carbonyl (C=O) groups is 3. The number of nitrogens with one attached hydrogen (secondary N) is 2. The van der Waals surface area contributed by atoms with Crippen molar-refractivity contribution in [2.24, 2.45) is 11.8 Å². The number of benzene rings is 3. The Kier molecular flexibility index (Phi) is 11.4. The molecule has 0 saturated carbocycles. The molecule has 10 heteroatoms. The van der Waals surface area contributed by atoms with Crippen LogP contribution in [-0.4, -0.2) is 85.9 Å². The molecule has 1 aromatic heterocycles. The zero-order valence-corrected chi connectivity index (χ0v) is 30.0. The number of hydrogen-bond donors (Lipinski definition) is 2. The lowest BCUT2D eigenvalue weighted by Gasteiger charge is -2.37. The summed E-state index contributed by atoms with van der Waals surface area (Å²) in [7, 11) is 5.71. The highest BCUT2D eigenvalue weighted by molar-refractivity contribution is 6.30. The van der Waals surface area contributed by atoms with Gasteiger partial charge in [0.05, 0.1) is 13.5 Å². The van der Waals surface area contributed by atoms with Crippen molar-refractivity contribution in [2.45, 2.75) is 51.0 Å². The summed E-state index contributed by atoms with van der Waals surface area (Å²) in [6, 6.07) is 20.6. The molecule has 2 aliphatic rings. The monoisotopic (exact) mass is 697 g/mol. The zero-order chi connectivity index (χ0) is 35.2. The van der Waals surface area contributed by atoms with Crippen LogP contribution >= 0.6 is 11.6 Å². The molecular weight excluding hydrogens is 650 g/mol. The van der Waals surface area contributed by atoms with Gasteiger partial charge in [0.15, 0.2) is 0 Å². The first-order valence-corrected chi connectivity index (χ1v) is 18.0. The van der Waals surface area contributed by atoms with Crippen LogP contribution in [-0.2, 0) is 33.6 Å². The van der Waals surface area contributed by atoms with Crippen molar-refractivity contribution in [3.8, 4) is 5.75 Å². The maximum Gasteiger partial charge on any atom is 0.249 e. The number of methoxy groups -OCH3 is 1. The molecule has 3 amide bonds. The summed E-state index contributed by atoms with van der Waals surface area (Å²) in [6.07, 6.45) is 6.21. The SMILES string of the molecule is COc1ccccc1CC(=O)N1CCC(CCC(=O)N[C@H](Cc2c[nH]c3ccccc23)C(=O)N2C[C@@H](CN(C)C)Cc3cc(Cl)ccc32)CC1. The van der Waals surface area contributed by atoms with Crippen LogP contribution in [0.1, 0.15) is 42.4 Å². The number of carbonyl (C=O) groups excluding carboxylic acids is 3. The molecule has 6 rings (SSSR count). The van der Waals surface area contributed by atoms with E-state index < -0.39 is 6.04 Å². The van der Waals surface area contributed by atoms with E-state index in [0.29, 0.717) is 56.3 Å². The lowest BCUT2D eigenvalue weighted by atomic mass is 9.90. The van der Waals surface area contributed by atoms with Crippen LogP contribution in [0.25, 0.3) is 10.9 Å². The highest BCUT2D eigenvalue weighted by atomic mass is 35.5. The fraction of sp³-hybridized carbons (Fsp3) is 0.425. The lowest BCUT2D eigenvalue weighted by molar-refractivity contribution is -0.132. The number of piperidine rings is 1. The average molecular weight is 698 g/mol. The van der Waals surface area contributed by atoms with E-state index in [4.69, 9.17) is 16.3 Å². The Morgan fingerprint density at radius 2 is 1.76 bits per heavy atom. The number of likely N-dealkylation sites (tertiary alicyclic amines) is 1. The molecule has 0 bridgehead atoms. The topological polar surface area (TPSA) is 98.0 Å². The highest BCUT2D eigenvalue weighted by Gasteiger charge is 2.34.